The lowest BCUT2D eigenvalue weighted by Crippen LogP contribution is -2.41. The molecule has 0 spiro atoms. The first-order chi connectivity index (χ1) is 14.9. The molecule has 1 N–H and O–H groups in total. The Kier molecular flexibility index (Phi) is 7.55. The number of amides is 2. The molecule has 1 aliphatic rings. The second kappa shape index (κ2) is 10.3. The maximum atomic E-state index is 13.5. The van der Waals surface area contributed by atoms with Crippen LogP contribution in [0.3, 0.4) is 0 Å². The van der Waals surface area contributed by atoms with Crippen LogP contribution in [0.2, 0.25) is 0 Å². The van der Waals surface area contributed by atoms with Crippen molar-refractivity contribution in [3.05, 3.63) is 59.7 Å². The molecule has 166 valence electrons. The molecule has 0 radical (unpaired) electrons. The van der Waals surface area contributed by atoms with Crippen molar-refractivity contribution in [2.24, 2.45) is 5.92 Å². The van der Waals surface area contributed by atoms with Crippen molar-refractivity contribution in [2.75, 3.05) is 14.2 Å². The Bertz CT molecular complexity index is 875. The summed E-state index contributed by atoms with van der Waals surface area (Å²) in [6, 6.07) is 15.1. The molecule has 0 aromatic heterocycles. The normalized spacial score (nSPS) is 15.0. The molecule has 2 atom stereocenters. The molecule has 2 amide bonds. The molecule has 6 heteroatoms. The number of nitrogens with one attached hydrogen (secondary N) is 1. The molecule has 2 unspecified atom stereocenters. The third-order valence-electron chi connectivity index (χ3n) is 5.90. The maximum Gasteiger partial charge on any atom is 0.225 e. The topological polar surface area (TPSA) is 67.9 Å². The van der Waals surface area contributed by atoms with Gasteiger partial charge in [0.2, 0.25) is 11.8 Å². The smallest absolute Gasteiger partial charge is 0.225 e. The third-order valence-corrected chi connectivity index (χ3v) is 5.90. The molecular formula is C25H32N2O4. The van der Waals surface area contributed by atoms with E-state index in [9.17, 15) is 9.59 Å². The van der Waals surface area contributed by atoms with E-state index < -0.39 is 0 Å². The Balaban J connectivity index is 1.78. The van der Waals surface area contributed by atoms with Gasteiger partial charge in [-0.05, 0) is 61.1 Å². The first kappa shape index (κ1) is 22.7. The minimum absolute atomic E-state index is 0.0322. The lowest BCUT2D eigenvalue weighted by Gasteiger charge is -2.31. The summed E-state index contributed by atoms with van der Waals surface area (Å²) in [7, 11) is 3.25. The number of benzene rings is 2. The van der Waals surface area contributed by atoms with Crippen LogP contribution in [-0.2, 0) is 16.1 Å². The van der Waals surface area contributed by atoms with Gasteiger partial charge < -0.3 is 19.7 Å². The first-order valence-electron chi connectivity index (χ1n) is 10.7. The van der Waals surface area contributed by atoms with Crippen molar-refractivity contribution in [3.8, 4) is 11.5 Å². The van der Waals surface area contributed by atoms with Crippen LogP contribution in [0.5, 0.6) is 11.5 Å². The van der Waals surface area contributed by atoms with Crippen LogP contribution in [-0.4, -0.2) is 37.0 Å². The predicted octanol–water partition coefficient (Wildman–Crippen LogP) is 4.10. The van der Waals surface area contributed by atoms with Crippen molar-refractivity contribution in [3.63, 3.8) is 0 Å². The standard InChI is InChI=1S/C25H32N2O4/c1-17(20-7-8-20)27(16-19-5-11-22(30-3)12-6-19)25(29)15-24(26-18(2)28)21-9-13-23(31-4)14-10-21/h5-6,9-14,17,20,24H,7-8,15-16H2,1-4H3,(H,26,28). The summed E-state index contributed by atoms with van der Waals surface area (Å²) in [6.07, 6.45) is 2.52. The Morgan fingerprint density at radius 1 is 1.00 bits per heavy atom. The molecule has 0 saturated heterocycles. The van der Waals surface area contributed by atoms with Gasteiger partial charge in [-0.2, -0.15) is 0 Å². The minimum atomic E-state index is -0.388. The number of methoxy groups -OCH3 is 2. The zero-order chi connectivity index (χ0) is 22.4. The number of ether oxygens (including phenoxy) is 2. The largest absolute Gasteiger partial charge is 0.497 e. The summed E-state index contributed by atoms with van der Waals surface area (Å²) < 4.78 is 10.5. The van der Waals surface area contributed by atoms with E-state index in [1.807, 2.05) is 53.4 Å². The molecule has 0 aliphatic heterocycles. The summed E-state index contributed by atoms with van der Waals surface area (Å²) in [5.74, 6) is 1.94. The maximum absolute atomic E-state index is 13.5. The highest BCUT2D eigenvalue weighted by molar-refractivity contribution is 5.79. The summed E-state index contributed by atoms with van der Waals surface area (Å²) in [5, 5.41) is 2.94. The number of carbonyl (C=O) groups is 2. The van der Waals surface area contributed by atoms with Crippen LogP contribution in [0.4, 0.5) is 0 Å². The number of hydrogen-bond donors (Lipinski definition) is 1. The van der Waals surface area contributed by atoms with Crippen molar-refractivity contribution in [2.45, 2.75) is 51.7 Å². The van der Waals surface area contributed by atoms with E-state index in [2.05, 4.69) is 12.2 Å². The number of rotatable bonds is 10. The van der Waals surface area contributed by atoms with Gasteiger partial charge in [-0.15, -0.1) is 0 Å². The van der Waals surface area contributed by atoms with Gasteiger partial charge in [-0.25, -0.2) is 0 Å². The van der Waals surface area contributed by atoms with Crippen molar-refractivity contribution in [1.29, 1.82) is 0 Å². The van der Waals surface area contributed by atoms with Gasteiger partial charge in [-0.1, -0.05) is 24.3 Å². The lowest BCUT2D eigenvalue weighted by atomic mass is 10.0. The highest BCUT2D eigenvalue weighted by Crippen LogP contribution is 2.36. The second-order valence-corrected chi connectivity index (χ2v) is 8.18. The molecule has 3 rings (SSSR count). The zero-order valence-electron chi connectivity index (χ0n) is 18.8. The molecule has 6 nitrogen and oxygen atoms in total. The van der Waals surface area contributed by atoms with E-state index in [1.165, 1.54) is 6.92 Å². The quantitative estimate of drug-likeness (QED) is 0.624. The molecule has 1 saturated carbocycles. The van der Waals surface area contributed by atoms with Crippen molar-refractivity contribution < 1.29 is 19.1 Å². The fourth-order valence-electron chi connectivity index (χ4n) is 3.85. The summed E-state index contributed by atoms with van der Waals surface area (Å²) in [5.41, 5.74) is 1.94. The van der Waals surface area contributed by atoms with Gasteiger partial charge in [0, 0.05) is 19.5 Å². The molecule has 1 aliphatic carbocycles. The van der Waals surface area contributed by atoms with E-state index >= 15 is 0 Å². The van der Waals surface area contributed by atoms with Crippen LogP contribution in [0.15, 0.2) is 48.5 Å². The second-order valence-electron chi connectivity index (χ2n) is 8.18. The zero-order valence-corrected chi connectivity index (χ0v) is 18.8. The third kappa shape index (κ3) is 6.23. The van der Waals surface area contributed by atoms with Crippen LogP contribution in [0.25, 0.3) is 0 Å². The molecule has 1 fully saturated rings. The summed E-state index contributed by atoms with van der Waals surface area (Å²) >= 11 is 0. The first-order valence-corrected chi connectivity index (χ1v) is 10.7. The van der Waals surface area contributed by atoms with E-state index in [4.69, 9.17) is 9.47 Å². The van der Waals surface area contributed by atoms with Crippen LogP contribution in [0, 0.1) is 5.92 Å². The van der Waals surface area contributed by atoms with Crippen molar-refractivity contribution >= 4 is 11.8 Å². The van der Waals surface area contributed by atoms with Gasteiger partial charge in [0.1, 0.15) is 11.5 Å². The van der Waals surface area contributed by atoms with Gasteiger partial charge in [0.05, 0.1) is 26.7 Å². The predicted molar refractivity (Wildman–Crippen MR) is 120 cm³/mol. The molecule has 0 heterocycles. The Morgan fingerprint density at radius 2 is 1.55 bits per heavy atom. The van der Waals surface area contributed by atoms with Crippen LogP contribution in [0.1, 0.15) is 50.3 Å². The van der Waals surface area contributed by atoms with Crippen molar-refractivity contribution in [1.82, 2.24) is 10.2 Å². The Hall–Kier alpha value is -3.02. The summed E-state index contributed by atoms with van der Waals surface area (Å²) in [6.45, 7) is 4.14. The van der Waals surface area contributed by atoms with Gasteiger partial charge in [-0.3, -0.25) is 9.59 Å². The highest BCUT2D eigenvalue weighted by Gasteiger charge is 2.35. The monoisotopic (exact) mass is 424 g/mol. The molecule has 2 aromatic rings. The average molecular weight is 425 g/mol. The fourth-order valence-corrected chi connectivity index (χ4v) is 3.85. The van der Waals surface area contributed by atoms with E-state index in [0.29, 0.717) is 12.5 Å². The van der Waals surface area contributed by atoms with Crippen LogP contribution >= 0.6 is 0 Å². The SMILES string of the molecule is COc1ccc(CN(C(=O)CC(NC(C)=O)c2ccc(OC)cc2)C(C)C2CC2)cc1. The van der Waals surface area contributed by atoms with Gasteiger partial charge in [0.25, 0.3) is 0 Å². The van der Waals surface area contributed by atoms with E-state index in [1.54, 1.807) is 14.2 Å². The number of hydrogen-bond acceptors (Lipinski definition) is 4. The minimum Gasteiger partial charge on any atom is -0.497 e. The summed E-state index contributed by atoms with van der Waals surface area (Å²) in [4.78, 5) is 27.2. The Morgan fingerprint density at radius 3 is 2.03 bits per heavy atom. The highest BCUT2D eigenvalue weighted by atomic mass is 16.5. The van der Waals surface area contributed by atoms with E-state index in [-0.39, 0.29) is 30.3 Å². The number of nitrogens with zero attached hydrogens (tertiary/aromatic N) is 1. The lowest BCUT2D eigenvalue weighted by molar-refractivity contribution is -0.135. The van der Waals surface area contributed by atoms with Gasteiger partial charge >= 0.3 is 0 Å². The average Bonchev–Trinajstić information content (AvgIpc) is 3.62. The molecule has 0 bridgehead atoms. The fraction of sp³-hybridized carbons (Fsp3) is 0.440. The Labute approximate surface area is 184 Å². The molecular weight excluding hydrogens is 392 g/mol. The molecule has 2 aromatic carbocycles. The number of carbonyl (C=O) groups excluding carboxylic acids is 2. The van der Waals surface area contributed by atoms with Gasteiger partial charge in [0.15, 0.2) is 0 Å². The molecule has 31 heavy (non-hydrogen) atoms. The van der Waals surface area contributed by atoms with E-state index in [0.717, 1.165) is 35.5 Å². The van der Waals surface area contributed by atoms with Crippen LogP contribution < -0.4 is 14.8 Å².